The lowest BCUT2D eigenvalue weighted by atomic mass is 9.78. The van der Waals surface area contributed by atoms with Crippen molar-refractivity contribution in [1.82, 2.24) is 10.3 Å². The molecule has 1 heterocycles. The minimum Gasteiger partial charge on any atom is -0.456 e. The predicted octanol–water partition coefficient (Wildman–Crippen LogP) is 3.97. The van der Waals surface area contributed by atoms with Gasteiger partial charge >= 0.3 is 5.97 Å². The summed E-state index contributed by atoms with van der Waals surface area (Å²) in [6.45, 7) is 4.24. The average Bonchev–Trinajstić information content (AvgIpc) is 3.07. The number of fused-ring (bicyclic) bond motifs is 1. The Bertz CT molecular complexity index is 783. The third-order valence-electron chi connectivity index (χ3n) is 5.92. The van der Waals surface area contributed by atoms with Gasteiger partial charge in [0.25, 0.3) is 5.91 Å². The normalized spacial score (nSPS) is 22.5. The number of nitrogens with one attached hydrogen (secondary N) is 2. The molecule has 3 atom stereocenters. The molecule has 1 amide bonds. The van der Waals surface area contributed by atoms with E-state index in [0.717, 1.165) is 24.8 Å². The molecule has 1 fully saturated rings. The van der Waals surface area contributed by atoms with E-state index >= 15 is 0 Å². The molecule has 0 unspecified atom stereocenters. The number of ether oxygens (including phenoxy) is 1. The predicted molar refractivity (Wildman–Crippen MR) is 106 cm³/mol. The topological polar surface area (TPSA) is 71.2 Å². The molecule has 146 valence electrons. The Labute approximate surface area is 160 Å². The molecule has 5 nitrogen and oxygen atoms in total. The summed E-state index contributed by atoms with van der Waals surface area (Å²) in [4.78, 5) is 27.3. The number of carbonyl (C=O) groups is 2. The maximum absolute atomic E-state index is 12.1. The Balaban J connectivity index is 1.36. The zero-order valence-electron chi connectivity index (χ0n) is 16.3. The maximum Gasteiger partial charge on any atom is 0.306 e. The van der Waals surface area contributed by atoms with Gasteiger partial charge in [-0.15, -0.1) is 0 Å². The highest BCUT2D eigenvalue weighted by Crippen LogP contribution is 2.29. The molecule has 0 spiro atoms. The lowest BCUT2D eigenvalue weighted by molar-refractivity contribution is -0.149. The molecule has 1 aliphatic rings. The quantitative estimate of drug-likeness (QED) is 0.724. The highest BCUT2D eigenvalue weighted by molar-refractivity contribution is 5.83. The standard InChI is InChI=1S/C22H30N2O3/c1-15-7-5-11-19(16(15)2)24-21(25)14-27-22(26)12-6-8-17-13-23-20-10-4-3-9-18(17)20/h3-4,9-10,13,15-16,19,23H,5-8,11-12,14H2,1-2H3,(H,24,25)/t15-,16+,19-/m1/s1. The van der Waals surface area contributed by atoms with Gasteiger partial charge in [0.15, 0.2) is 6.61 Å². The second-order valence-electron chi connectivity index (χ2n) is 7.82. The van der Waals surface area contributed by atoms with Gasteiger partial charge in [-0.3, -0.25) is 9.59 Å². The van der Waals surface area contributed by atoms with Crippen molar-refractivity contribution in [2.45, 2.75) is 58.4 Å². The minimum atomic E-state index is -0.310. The molecule has 0 aliphatic heterocycles. The molecule has 1 aromatic heterocycles. The summed E-state index contributed by atoms with van der Waals surface area (Å²) in [5.74, 6) is 0.590. The largest absolute Gasteiger partial charge is 0.456 e. The second kappa shape index (κ2) is 9.07. The maximum atomic E-state index is 12.1. The lowest BCUT2D eigenvalue weighted by Gasteiger charge is -2.34. The van der Waals surface area contributed by atoms with E-state index in [4.69, 9.17) is 4.74 Å². The number of benzene rings is 1. The first-order chi connectivity index (χ1) is 13.0. The molecule has 1 aliphatic carbocycles. The highest BCUT2D eigenvalue weighted by Gasteiger charge is 2.28. The van der Waals surface area contributed by atoms with Crippen molar-refractivity contribution in [3.8, 4) is 0 Å². The summed E-state index contributed by atoms with van der Waals surface area (Å²) in [6, 6.07) is 8.33. The van der Waals surface area contributed by atoms with E-state index in [0.29, 0.717) is 24.7 Å². The van der Waals surface area contributed by atoms with Crippen molar-refractivity contribution in [1.29, 1.82) is 0 Å². The number of carbonyl (C=O) groups excluding carboxylic acids is 2. The summed E-state index contributed by atoms with van der Waals surface area (Å²) in [5, 5.41) is 4.23. The van der Waals surface area contributed by atoms with Crippen LogP contribution in [0.15, 0.2) is 30.5 Å². The van der Waals surface area contributed by atoms with Gasteiger partial charge in [0.2, 0.25) is 0 Å². The second-order valence-corrected chi connectivity index (χ2v) is 7.82. The number of esters is 1. The van der Waals surface area contributed by atoms with Crippen LogP contribution >= 0.6 is 0 Å². The van der Waals surface area contributed by atoms with Crippen LogP contribution in [0.2, 0.25) is 0 Å². The van der Waals surface area contributed by atoms with Crippen LogP contribution in [-0.4, -0.2) is 29.5 Å². The van der Waals surface area contributed by atoms with Gasteiger partial charge in [0.1, 0.15) is 0 Å². The number of aromatic nitrogens is 1. The van der Waals surface area contributed by atoms with Crippen molar-refractivity contribution in [2.24, 2.45) is 11.8 Å². The van der Waals surface area contributed by atoms with Gasteiger partial charge < -0.3 is 15.0 Å². The van der Waals surface area contributed by atoms with Crippen LogP contribution in [0.1, 0.15) is 51.5 Å². The van der Waals surface area contributed by atoms with E-state index < -0.39 is 0 Å². The average molecular weight is 370 g/mol. The molecule has 0 saturated heterocycles. The number of amides is 1. The van der Waals surface area contributed by atoms with Gasteiger partial charge in [0.05, 0.1) is 0 Å². The summed E-state index contributed by atoms with van der Waals surface area (Å²) in [7, 11) is 0. The molecule has 3 rings (SSSR count). The Morgan fingerprint density at radius 1 is 1.22 bits per heavy atom. The van der Waals surface area contributed by atoms with E-state index in [2.05, 4.69) is 30.2 Å². The highest BCUT2D eigenvalue weighted by atomic mass is 16.5. The van der Waals surface area contributed by atoms with E-state index in [1.807, 2.05) is 24.4 Å². The molecule has 0 bridgehead atoms. The Morgan fingerprint density at radius 2 is 2.04 bits per heavy atom. The Kier molecular flexibility index (Phi) is 6.54. The van der Waals surface area contributed by atoms with Gasteiger partial charge in [-0.2, -0.15) is 0 Å². The number of H-pyrrole nitrogens is 1. The van der Waals surface area contributed by atoms with Gasteiger partial charge in [0, 0.05) is 29.6 Å². The number of hydrogen-bond acceptors (Lipinski definition) is 3. The summed E-state index contributed by atoms with van der Waals surface area (Å²) >= 11 is 0. The molecule has 5 heteroatoms. The van der Waals surface area contributed by atoms with E-state index in [1.54, 1.807) is 0 Å². The first kappa shape index (κ1) is 19.5. The number of para-hydroxylation sites is 1. The third kappa shape index (κ3) is 5.12. The van der Waals surface area contributed by atoms with Gasteiger partial charge in [-0.05, 0) is 42.7 Å². The zero-order valence-corrected chi connectivity index (χ0v) is 16.3. The smallest absolute Gasteiger partial charge is 0.306 e. The summed E-state index contributed by atoms with van der Waals surface area (Å²) in [6.07, 6.45) is 7.21. The van der Waals surface area contributed by atoms with Crippen molar-refractivity contribution in [3.05, 3.63) is 36.0 Å². The zero-order chi connectivity index (χ0) is 19.2. The number of hydrogen-bond donors (Lipinski definition) is 2. The molecule has 2 N–H and O–H groups in total. The fraction of sp³-hybridized carbons (Fsp3) is 0.545. The minimum absolute atomic E-state index is 0.177. The van der Waals surface area contributed by atoms with Crippen LogP contribution in [0.4, 0.5) is 0 Å². The molecule has 1 aromatic carbocycles. The fourth-order valence-electron chi connectivity index (χ4n) is 4.01. The van der Waals surface area contributed by atoms with Crippen LogP contribution < -0.4 is 5.32 Å². The van der Waals surface area contributed by atoms with Crippen molar-refractivity contribution in [2.75, 3.05) is 6.61 Å². The Morgan fingerprint density at radius 3 is 2.89 bits per heavy atom. The van der Waals surface area contributed by atoms with Crippen LogP contribution in [0.5, 0.6) is 0 Å². The van der Waals surface area contributed by atoms with Gasteiger partial charge in [-0.1, -0.05) is 44.9 Å². The van der Waals surface area contributed by atoms with Crippen molar-refractivity contribution >= 4 is 22.8 Å². The van der Waals surface area contributed by atoms with E-state index in [-0.39, 0.29) is 24.5 Å². The Hall–Kier alpha value is -2.30. The number of rotatable bonds is 7. The first-order valence-electron chi connectivity index (χ1n) is 10.0. The molecule has 27 heavy (non-hydrogen) atoms. The third-order valence-corrected chi connectivity index (χ3v) is 5.92. The van der Waals surface area contributed by atoms with Crippen LogP contribution in [-0.2, 0) is 20.7 Å². The van der Waals surface area contributed by atoms with Gasteiger partial charge in [-0.25, -0.2) is 0 Å². The SMILES string of the molecule is C[C@H]1[C@H](C)CCC[C@H]1NC(=O)COC(=O)CCCc1c[nH]c2ccccc12. The molecule has 0 radical (unpaired) electrons. The monoisotopic (exact) mass is 370 g/mol. The molecule has 1 saturated carbocycles. The van der Waals surface area contributed by atoms with E-state index in [1.165, 1.54) is 17.4 Å². The summed E-state index contributed by atoms with van der Waals surface area (Å²) in [5.41, 5.74) is 2.31. The molecule has 2 aromatic rings. The molecular formula is C22H30N2O3. The summed E-state index contributed by atoms with van der Waals surface area (Å²) < 4.78 is 5.16. The van der Waals surface area contributed by atoms with Crippen molar-refractivity contribution < 1.29 is 14.3 Å². The number of aryl methyl sites for hydroxylation is 1. The number of aromatic amines is 1. The molecular weight excluding hydrogens is 340 g/mol. The lowest BCUT2D eigenvalue weighted by Crippen LogP contribution is -2.45. The van der Waals surface area contributed by atoms with E-state index in [9.17, 15) is 9.59 Å². The van der Waals surface area contributed by atoms with Crippen LogP contribution in [0.25, 0.3) is 10.9 Å². The van der Waals surface area contributed by atoms with Crippen molar-refractivity contribution in [3.63, 3.8) is 0 Å². The van der Waals surface area contributed by atoms with Crippen LogP contribution in [0, 0.1) is 11.8 Å². The van der Waals surface area contributed by atoms with Crippen LogP contribution in [0.3, 0.4) is 0 Å². The first-order valence-corrected chi connectivity index (χ1v) is 10.0. The fourth-order valence-corrected chi connectivity index (χ4v) is 4.01.